The van der Waals surface area contributed by atoms with Crippen molar-refractivity contribution in [3.8, 4) is 0 Å². The summed E-state index contributed by atoms with van der Waals surface area (Å²) in [6, 6.07) is 7.67. The van der Waals surface area contributed by atoms with E-state index in [4.69, 9.17) is 4.74 Å². The third-order valence-electron chi connectivity index (χ3n) is 4.25. The highest BCUT2D eigenvalue weighted by Gasteiger charge is 2.24. The quantitative estimate of drug-likeness (QED) is 0.675. The van der Waals surface area contributed by atoms with Gasteiger partial charge in [0.25, 0.3) is 0 Å². The highest BCUT2D eigenvalue weighted by molar-refractivity contribution is 5.89. The second-order valence-electron chi connectivity index (χ2n) is 7.04. The lowest BCUT2D eigenvalue weighted by Crippen LogP contribution is -2.30. The molecule has 130 valence electrons. The zero-order valence-corrected chi connectivity index (χ0v) is 15.2. The molecule has 0 aliphatic carbocycles. The van der Waals surface area contributed by atoms with Crippen LogP contribution in [0.15, 0.2) is 24.3 Å². The van der Waals surface area contributed by atoms with Gasteiger partial charge >= 0.3 is 5.97 Å². The van der Waals surface area contributed by atoms with E-state index in [-0.39, 0.29) is 23.9 Å². The molecule has 0 spiro atoms. The van der Waals surface area contributed by atoms with Crippen molar-refractivity contribution >= 4 is 5.97 Å². The molecule has 1 aromatic rings. The first-order valence-electron chi connectivity index (χ1n) is 8.83. The number of carbonyl (C=O) groups is 1. The van der Waals surface area contributed by atoms with Crippen molar-refractivity contribution in [2.75, 3.05) is 0 Å². The van der Waals surface area contributed by atoms with Crippen LogP contribution in [-0.2, 0) is 11.2 Å². The number of unbranched alkanes of at least 4 members (excludes halogenated alkanes) is 1. The number of ether oxygens (including phenoxy) is 1. The Kier molecular flexibility index (Phi) is 8.32. The Morgan fingerprint density at radius 1 is 1.09 bits per heavy atom. The largest absolute Gasteiger partial charge is 0.458 e. The molecular formula is C20H32O3. The van der Waals surface area contributed by atoms with Crippen molar-refractivity contribution in [2.45, 2.75) is 72.5 Å². The Morgan fingerprint density at radius 2 is 1.70 bits per heavy atom. The van der Waals surface area contributed by atoms with Crippen LogP contribution in [0.2, 0.25) is 0 Å². The maximum Gasteiger partial charge on any atom is 0.338 e. The van der Waals surface area contributed by atoms with Crippen LogP contribution in [0.5, 0.6) is 0 Å². The Hall–Kier alpha value is -1.35. The number of benzene rings is 1. The zero-order valence-electron chi connectivity index (χ0n) is 15.2. The summed E-state index contributed by atoms with van der Waals surface area (Å²) in [5, 5.41) is 10.1. The minimum Gasteiger partial charge on any atom is -0.458 e. The normalized spacial score (nSPS) is 14.1. The number of esters is 1. The molecule has 0 aromatic heterocycles. The monoisotopic (exact) mass is 320 g/mol. The van der Waals surface area contributed by atoms with Gasteiger partial charge in [-0.25, -0.2) is 4.79 Å². The number of carbonyl (C=O) groups excluding carboxylic acids is 1. The molecule has 2 atom stereocenters. The van der Waals surface area contributed by atoms with Crippen LogP contribution in [0.4, 0.5) is 0 Å². The average molecular weight is 320 g/mol. The minimum absolute atomic E-state index is 0.160. The number of hydrogen-bond donors (Lipinski definition) is 1. The van der Waals surface area contributed by atoms with E-state index in [0.717, 1.165) is 19.3 Å². The Labute approximate surface area is 141 Å². The van der Waals surface area contributed by atoms with Crippen molar-refractivity contribution in [2.24, 2.45) is 11.8 Å². The fourth-order valence-electron chi connectivity index (χ4n) is 2.36. The molecule has 1 rings (SSSR count). The molecule has 0 radical (unpaired) electrons. The van der Waals surface area contributed by atoms with Gasteiger partial charge in [-0.2, -0.15) is 0 Å². The van der Waals surface area contributed by atoms with Gasteiger partial charge in [-0.15, -0.1) is 0 Å². The fraction of sp³-hybridized carbons (Fsp3) is 0.650. The van der Waals surface area contributed by atoms with Crippen molar-refractivity contribution in [1.29, 1.82) is 0 Å². The van der Waals surface area contributed by atoms with E-state index in [1.54, 1.807) is 0 Å². The Bertz CT molecular complexity index is 462. The summed E-state index contributed by atoms with van der Waals surface area (Å²) in [4.78, 5) is 12.3. The summed E-state index contributed by atoms with van der Waals surface area (Å²) in [6.07, 6.45) is 3.13. The van der Waals surface area contributed by atoms with E-state index in [1.807, 2.05) is 52.0 Å². The maximum absolute atomic E-state index is 12.3. The molecule has 3 heteroatoms. The number of aliphatic hydroxyl groups is 1. The van der Waals surface area contributed by atoms with E-state index in [1.165, 1.54) is 5.56 Å². The smallest absolute Gasteiger partial charge is 0.338 e. The van der Waals surface area contributed by atoms with Gasteiger partial charge < -0.3 is 9.84 Å². The summed E-state index contributed by atoms with van der Waals surface area (Å²) in [7, 11) is 0. The van der Waals surface area contributed by atoms with Crippen molar-refractivity contribution in [3.63, 3.8) is 0 Å². The van der Waals surface area contributed by atoms with Gasteiger partial charge in [-0.05, 0) is 42.4 Å². The number of hydrogen-bond acceptors (Lipinski definition) is 3. The summed E-state index contributed by atoms with van der Waals surface area (Å²) >= 11 is 0. The van der Waals surface area contributed by atoms with Gasteiger partial charge in [0.15, 0.2) is 0 Å². The van der Waals surface area contributed by atoms with Crippen LogP contribution in [0.1, 0.15) is 69.8 Å². The zero-order chi connectivity index (χ0) is 17.4. The molecule has 0 fully saturated rings. The first kappa shape index (κ1) is 19.7. The van der Waals surface area contributed by atoms with E-state index in [9.17, 15) is 9.90 Å². The predicted molar refractivity (Wildman–Crippen MR) is 94.6 cm³/mol. The molecular weight excluding hydrogens is 288 g/mol. The number of aliphatic hydroxyl groups excluding tert-OH is 1. The molecule has 0 aliphatic heterocycles. The van der Waals surface area contributed by atoms with E-state index in [0.29, 0.717) is 12.0 Å². The van der Waals surface area contributed by atoms with Gasteiger partial charge in [0.1, 0.15) is 6.10 Å². The number of rotatable bonds is 9. The molecule has 0 aliphatic rings. The van der Waals surface area contributed by atoms with Gasteiger partial charge in [-0.3, -0.25) is 0 Å². The SMILES string of the molecule is CCCCc1ccc(C(=O)OC(CC(O)C(C)C)C(C)C)cc1. The van der Waals surface area contributed by atoms with E-state index < -0.39 is 6.10 Å². The fourth-order valence-corrected chi connectivity index (χ4v) is 2.36. The van der Waals surface area contributed by atoms with Crippen LogP contribution in [-0.4, -0.2) is 23.3 Å². The predicted octanol–water partition coefficient (Wildman–Crippen LogP) is 4.62. The molecule has 0 heterocycles. The third kappa shape index (κ3) is 6.74. The molecule has 1 N–H and O–H groups in total. The average Bonchev–Trinajstić information content (AvgIpc) is 2.52. The Balaban J connectivity index is 2.67. The lowest BCUT2D eigenvalue weighted by Gasteiger charge is -2.25. The number of aryl methyl sites for hydroxylation is 1. The van der Waals surface area contributed by atoms with Gasteiger partial charge in [0, 0.05) is 6.42 Å². The molecule has 3 nitrogen and oxygen atoms in total. The Morgan fingerprint density at radius 3 is 2.17 bits per heavy atom. The van der Waals surface area contributed by atoms with Gasteiger partial charge in [-0.1, -0.05) is 53.2 Å². The molecule has 0 saturated carbocycles. The van der Waals surface area contributed by atoms with Crippen LogP contribution in [0.3, 0.4) is 0 Å². The summed E-state index contributed by atoms with van der Waals surface area (Å²) in [5.74, 6) is 0.0330. The summed E-state index contributed by atoms with van der Waals surface area (Å²) in [5.41, 5.74) is 1.83. The molecule has 2 unspecified atom stereocenters. The molecule has 0 bridgehead atoms. The molecule has 1 aromatic carbocycles. The van der Waals surface area contributed by atoms with Crippen molar-refractivity contribution in [3.05, 3.63) is 35.4 Å². The summed E-state index contributed by atoms with van der Waals surface area (Å²) in [6.45, 7) is 10.1. The van der Waals surface area contributed by atoms with Gasteiger partial charge in [0.2, 0.25) is 0 Å². The molecule has 0 amide bonds. The first-order valence-corrected chi connectivity index (χ1v) is 8.83. The van der Waals surface area contributed by atoms with Crippen LogP contribution < -0.4 is 0 Å². The lowest BCUT2D eigenvalue weighted by atomic mass is 9.95. The van der Waals surface area contributed by atoms with Crippen molar-refractivity contribution in [1.82, 2.24) is 0 Å². The summed E-state index contributed by atoms with van der Waals surface area (Å²) < 4.78 is 5.64. The van der Waals surface area contributed by atoms with Crippen LogP contribution in [0, 0.1) is 11.8 Å². The standard InChI is InChI=1S/C20H32O3/c1-6-7-8-16-9-11-17(12-10-16)20(22)23-19(15(4)5)13-18(21)14(2)3/h9-12,14-15,18-19,21H,6-8,13H2,1-5H3. The second kappa shape index (κ2) is 9.71. The van der Waals surface area contributed by atoms with E-state index >= 15 is 0 Å². The van der Waals surface area contributed by atoms with Crippen LogP contribution >= 0.6 is 0 Å². The topological polar surface area (TPSA) is 46.5 Å². The second-order valence-corrected chi connectivity index (χ2v) is 7.04. The first-order chi connectivity index (χ1) is 10.8. The van der Waals surface area contributed by atoms with Crippen LogP contribution in [0.25, 0.3) is 0 Å². The minimum atomic E-state index is -0.452. The van der Waals surface area contributed by atoms with E-state index in [2.05, 4.69) is 6.92 Å². The maximum atomic E-state index is 12.3. The third-order valence-corrected chi connectivity index (χ3v) is 4.25. The van der Waals surface area contributed by atoms with Crippen molar-refractivity contribution < 1.29 is 14.6 Å². The lowest BCUT2D eigenvalue weighted by molar-refractivity contribution is -0.00724. The van der Waals surface area contributed by atoms with Gasteiger partial charge in [0.05, 0.1) is 11.7 Å². The molecule has 0 saturated heterocycles. The highest BCUT2D eigenvalue weighted by Crippen LogP contribution is 2.19. The highest BCUT2D eigenvalue weighted by atomic mass is 16.5. The molecule has 23 heavy (non-hydrogen) atoms.